The number of hydrogen-bond acceptors (Lipinski definition) is 4. The van der Waals surface area contributed by atoms with E-state index < -0.39 is 0 Å². The molecule has 2 atom stereocenters. The molecule has 0 bridgehead atoms. The quantitative estimate of drug-likeness (QED) is 0.890. The summed E-state index contributed by atoms with van der Waals surface area (Å²) < 4.78 is 0. The maximum atomic E-state index is 4.63. The van der Waals surface area contributed by atoms with Crippen molar-refractivity contribution in [2.75, 3.05) is 18.0 Å². The minimum atomic E-state index is 0.467. The molecule has 1 aliphatic rings. The van der Waals surface area contributed by atoms with Gasteiger partial charge in [-0.2, -0.15) is 4.98 Å². The van der Waals surface area contributed by atoms with Gasteiger partial charge in [0, 0.05) is 31.6 Å². The van der Waals surface area contributed by atoms with Crippen LogP contribution in [0.4, 0.5) is 5.95 Å². The lowest BCUT2D eigenvalue weighted by Gasteiger charge is -2.35. The SMILES string of the molecule is CC1CN(c2n[nH]c(Cc3ccccc3)n2)CC(C)N1. The number of hydrogen-bond donors (Lipinski definition) is 2. The highest BCUT2D eigenvalue weighted by atomic mass is 15.4. The van der Waals surface area contributed by atoms with Gasteiger partial charge in [-0.05, 0) is 19.4 Å². The zero-order chi connectivity index (χ0) is 13.9. The lowest BCUT2D eigenvalue weighted by molar-refractivity contribution is 0.403. The predicted molar refractivity (Wildman–Crippen MR) is 79.9 cm³/mol. The smallest absolute Gasteiger partial charge is 0.244 e. The van der Waals surface area contributed by atoms with Gasteiger partial charge in [-0.25, -0.2) is 0 Å². The van der Waals surface area contributed by atoms with Crippen LogP contribution in [0, 0.1) is 0 Å². The predicted octanol–water partition coefficient (Wildman–Crippen LogP) is 1.58. The van der Waals surface area contributed by atoms with E-state index in [-0.39, 0.29) is 0 Å². The standard InChI is InChI=1S/C15H21N5/c1-11-9-20(10-12(2)16-11)15-17-14(18-19-15)8-13-6-4-3-5-7-13/h3-7,11-12,16H,8-10H2,1-2H3,(H,17,18,19). The molecule has 0 spiro atoms. The first-order valence-corrected chi connectivity index (χ1v) is 7.17. The van der Waals surface area contributed by atoms with Gasteiger partial charge in [0.25, 0.3) is 0 Å². The molecule has 5 nitrogen and oxygen atoms in total. The van der Waals surface area contributed by atoms with Crippen molar-refractivity contribution in [1.82, 2.24) is 20.5 Å². The zero-order valence-electron chi connectivity index (χ0n) is 12.0. The fraction of sp³-hybridized carbons (Fsp3) is 0.467. The van der Waals surface area contributed by atoms with Crippen LogP contribution in [0.3, 0.4) is 0 Å². The second-order valence-electron chi connectivity index (χ2n) is 5.62. The van der Waals surface area contributed by atoms with Crippen molar-refractivity contribution in [1.29, 1.82) is 0 Å². The minimum absolute atomic E-state index is 0.467. The summed E-state index contributed by atoms with van der Waals surface area (Å²) in [6, 6.07) is 11.3. The third-order valence-electron chi connectivity index (χ3n) is 3.57. The zero-order valence-corrected chi connectivity index (χ0v) is 12.0. The Morgan fingerprint density at radius 1 is 1.15 bits per heavy atom. The van der Waals surface area contributed by atoms with E-state index in [0.29, 0.717) is 12.1 Å². The van der Waals surface area contributed by atoms with Gasteiger partial charge in [-0.3, -0.25) is 5.10 Å². The van der Waals surface area contributed by atoms with E-state index in [4.69, 9.17) is 0 Å². The Labute approximate surface area is 119 Å². The molecule has 0 amide bonds. The molecule has 5 heteroatoms. The summed E-state index contributed by atoms with van der Waals surface area (Å²) in [7, 11) is 0. The molecule has 1 aliphatic heterocycles. The van der Waals surface area contributed by atoms with Crippen LogP contribution in [0.5, 0.6) is 0 Å². The Bertz CT molecular complexity index is 540. The topological polar surface area (TPSA) is 56.8 Å². The van der Waals surface area contributed by atoms with E-state index in [1.165, 1.54) is 5.56 Å². The van der Waals surface area contributed by atoms with E-state index in [2.05, 4.69) is 51.4 Å². The van der Waals surface area contributed by atoms with Gasteiger partial charge in [0.1, 0.15) is 5.82 Å². The van der Waals surface area contributed by atoms with Crippen LogP contribution in [0.25, 0.3) is 0 Å². The maximum Gasteiger partial charge on any atom is 0.244 e. The number of anilines is 1. The largest absolute Gasteiger partial charge is 0.336 e. The van der Waals surface area contributed by atoms with Crippen molar-refractivity contribution in [2.24, 2.45) is 0 Å². The van der Waals surface area contributed by atoms with Gasteiger partial charge in [0.15, 0.2) is 0 Å². The van der Waals surface area contributed by atoms with Gasteiger partial charge in [0.05, 0.1) is 0 Å². The summed E-state index contributed by atoms with van der Waals surface area (Å²) in [4.78, 5) is 6.88. The Kier molecular flexibility index (Phi) is 3.69. The van der Waals surface area contributed by atoms with Crippen molar-refractivity contribution < 1.29 is 0 Å². The third kappa shape index (κ3) is 2.99. The monoisotopic (exact) mass is 271 g/mol. The molecule has 0 radical (unpaired) electrons. The molecule has 1 aromatic carbocycles. The highest BCUT2D eigenvalue weighted by Crippen LogP contribution is 2.14. The van der Waals surface area contributed by atoms with Crippen LogP contribution in [0.1, 0.15) is 25.2 Å². The van der Waals surface area contributed by atoms with Crippen LogP contribution in [0.2, 0.25) is 0 Å². The van der Waals surface area contributed by atoms with E-state index in [1.807, 2.05) is 18.2 Å². The second kappa shape index (κ2) is 5.63. The number of piperazine rings is 1. The molecular weight excluding hydrogens is 250 g/mol. The molecule has 2 N–H and O–H groups in total. The minimum Gasteiger partial charge on any atom is -0.336 e. The summed E-state index contributed by atoms with van der Waals surface area (Å²) >= 11 is 0. The normalized spacial score (nSPS) is 23.0. The summed E-state index contributed by atoms with van der Waals surface area (Å²) in [5, 5.41) is 10.9. The first-order chi connectivity index (χ1) is 9.70. The maximum absolute atomic E-state index is 4.63. The first kappa shape index (κ1) is 13.1. The molecule has 2 heterocycles. The number of aromatic nitrogens is 3. The Morgan fingerprint density at radius 3 is 2.55 bits per heavy atom. The summed E-state index contributed by atoms with van der Waals surface area (Å²) in [6.45, 7) is 6.29. The fourth-order valence-electron chi connectivity index (χ4n) is 2.79. The van der Waals surface area contributed by atoms with Gasteiger partial charge in [-0.1, -0.05) is 30.3 Å². The molecule has 0 aliphatic carbocycles. The Hall–Kier alpha value is -1.88. The summed E-state index contributed by atoms with van der Waals surface area (Å²) in [5.41, 5.74) is 1.25. The van der Waals surface area contributed by atoms with Crippen molar-refractivity contribution in [2.45, 2.75) is 32.4 Å². The molecule has 1 saturated heterocycles. The lowest BCUT2D eigenvalue weighted by Crippen LogP contribution is -2.54. The summed E-state index contributed by atoms with van der Waals surface area (Å²) in [5.74, 6) is 1.74. The number of benzene rings is 1. The number of aromatic amines is 1. The van der Waals surface area contributed by atoms with Gasteiger partial charge >= 0.3 is 0 Å². The molecule has 0 saturated carbocycles. The molecule has 1 fully saturated rings. The Balaban J connectivity index is 1.70. The van der Waals surface area contributed by atoms with Crippen molar-refractivity contribution in [3.05, 3.63) is 41.7 Å². The molecule has 20 heavy (non-hydrogen) atoms. The van der Waals surface area contributed by atoms with Gasteiger partial charge < -0.3 is 10.2 Å². The van der Waals surface area contributed by atoms with Crippen molar-refractivity contribution in [3.8, 4) is 0 Å². The van der Waals surface area contributed by atoms with Crippen LogP contribution < -0.4 is 10.2 Å². The van der Waals surface area contributed by atoms with Crippen molar-refractivity contribution in [3.63, 3.8) is 0 Å². The summed E-state index contributed by atoms with van der Waals surface area (Å²) in [6.07, 6.45) is 0.797. The fourth-order valence-corrected chi connectivity index (χ4v) is 2.79. The molecule has 2 aromatic rings. The average Bonchev–Trinajstić information content (AvgIpc) is 2.87. The van der Waals surface area contributed by atoms with E-state index in [0.717, 1.165) is 31.3 Å². The van der Waals surface area contributed by atoms with E-state index in [1.54, 1.807) is 0 Å². The molecular formula is C15H21N5. The second-order valence-corrected chi connectivity index (χ2v) is 5.62. The molecule has 2 unspecified atom stereocenters. The van der Waals surface area contributed by atoms with E-state index in [9.17, 15) is 0 Å². The van der Waals surface area contributed by atoms with Gasteiger partial charge in [-0.15, -0.1) is 5.10 Å². The Morgan fingerprint density at radius 2 is 1.85 bits per heavy atom. The molecule has 1 aromatic heterocycles. The van der Waals surface area contributed by atoms with E-state index >= 15 is 0 Å². The van der Waals surface area contributed by atoms with Crippen LogP contribution in [-0.4, -0.2) is 40.4 Å². The molecule has 106 valence electrons. The highest BCUT2D eigenvalue weighted by molar-refractivity contribution is 5.31. The third-order valence-corrected chi connectivity index (χ3v) is 3.57. The van der Waals surface area contributed by atoms with Crippen LogP contribution in [0.15, 0.2) is 30.3 Å². The highest BCUT2D eigenvalue weighted by Gasteiger charge is 2.23. The molecule has 3 rings (SSSR count). The van der Waals surface area contributed by atoms with Crippen LogP contribution in [-0.2, 0) is 6.42 Å². The van der Waals surface area contributed by atoms with Crippen LogP contribution >= 0.6 is 0 Å². The van der Waals surface area contributed by atoms with Crippen molar-refractivity contribution >= 4 is 5.95 Å². The van der Waals surface area contributed by atoms with Gasteiger partial charge in [0.2, 0.25) is 5.95 Å². The lowest BCUT2D eigenvalue weighted by atomic mass is 10.1. The number of rotatable bonds is 3. The average molecular weight is 271 g/mol. The number of H-pyrrole nitrogens is 1. The number of nitrogens with zero attached hydrogens (tertiary/aromatic N) is 3. The first-order valence-electron chi connectivity index (χ1n) is 7.17. The number of nitrogens with one attached hydrogen (secondary N) is 2.